The minimum absolute atomic E-state index is 0.115. The summed E-state index contributed by atoms with van der Waals surface area (Å²) in [7, 11) is 0. The van der Waals surface area contributed by atoms with Gasteiger partial charge >= 0.3 is 5.82 Å². The predicted molar refractivity (Wildman–Crippen MR) is 38.6 cm³/mol. The third kappa shape index (κ3) is 1.42. The lowest BCUT2D eigenvalue weighted by molar-refractivity contribution is -0.389. The number of rotatable bonds is 3. The van der Waals surface area contributed by atoms with E-state index in [0.717, 1.165) is 6.61 Å². The maximum absolute atomic E-state index is 10.2. The van der Waals surface area contributed by atoms with Crippen molar-refractivity contribution < 1.29 is 9.66 Å². The first kappa shape index (κ1) is 7.23. The molecule has 0 saturated carbocycles. The lowest BCUT2D eigenvalue weighted by atomic mass is 10.5. The third-order valence-corrected chi connectivity index (χ3v) is 1.62. The van der Waals surface area contributed by atoms with E-state index in [-0.39, 0.29) is 11.9 Å². The van der Waals surface area contributed by atoms with E-state index in [2.05, 4.69) is 4.98 Å². The first-order chi connectivity index (χ1) is 5.75. The largest absolute Gasteiger partial charge is 0.381 e. The van der Waals surface area contributed by atoms with Gasteiger partial charge < -0.3 is 19.4 Å². The van der Waals surface area contributed by atoms with Crippen LogP contribution in [0.25, 0.3) is 0 Å². The van der Waals surface area contributed by atoms with Crippen molar-refractivity contribution in [3.63, 3.8) is 0 Å². The number of ether oxygens (including phenoxy) is 1. The van der Waals surface area contributed by atoms with Crippen LogP contribution < -0.4 is 0 Å². The molecule has 1 aliphatic heterocycles. The number of epoxide rings is 1. The molecule has 12 heavy (non-hydrogen) atoms. The fourth-order valence-electron chi connectivity index (χ4n) is 0.951. The number of nitrogens with zero attached hydrogens (tertiary/aromatic N) is 3. The Labute approximate surface area is 67.9 Å². The molecule has 1 aromatic heterocycles. The highest BCUT2D eigenvalue weighted by Crippen LogP contribution is 2.13. The minimum Gasteiger partial charge on any atom is -0.371 e. The molecule has 1 atom stereocenters. The molecule has 1 aromatic rings. The van der Waals surface area contributed by atoms with E-state index in [9.17, 15) is 10.1 Å². The summed E-state index contributed by atoms with van der Waals surface area (Å²) < 4.78 is 6.63. The fourth-order valence-corrected chi connectivity index (χ4v) is 0.951. The Morgan fingerprint density at radius 2 is 2.67 bits per heavy atom. The minimum atomic E-state index is -0.510. The molecule has 0 bridgehead atoms. The van der Waals surface area contributed by atoms with Gasteiger partial charge in [0.05, 0.1) is 19.3 Å². The van der Waals surface area contributed by atoms with Crippen molar-refractivity contribution in [3.05, 3.63) is 22.6 Å². The van der Waals surface area contributed by atoms with Crippen LogP contribution in [0, 0.1) is 10.1 Å². The van der Waals surface area contributed by atoms with E-state index in [1.165, 1.54) is 12.5 Å². The zero-order valence-corrected chi connectivity index (χ0v) is 6.21. The van der Waals surface area contributed by atoms with Crippen molar-refractivity contribution in [1.82, 2.24) is 9.55 Å². The van der Waals surface area contributed by atoms with Gasteiger partial charge in [-0.15, -0.1) is 0 Å². The monoisotopic (exact) mass is 169 g/mol. The summed E-state index contributed by atoms with van der Waals surface area (Å²) >= 11 is 0. The second-order valence-electron chi connectivity index (χ2n) is 2.64. The van der Waals surface area contributed by atoms with Gasteiger partial charge in [-0.05, 0) is 9.91 Å². The molecule has 1 aliphatic rings. The van der Waals surface area contributed by atoms with Gasteiger partial charge in [-0.2, -0.15) is 0 Å². The Kier molecular flexibility index (Phi) is 1.54. The highest BCUT2D eigenvalue weighted by atomic mass is 16.6. The SMILES string of the molecule is O=[N+]([O-])c1cn(C[C@@H]2CO2)cn1. The summed E-state index contributed by atoms with van der Waals surface area (Å²) in [4.78, 5) is 13.3. The molecule has 0 aliphatic carbocycles. The molecule has 0 amide bonds. The van der Waals surface area contributed by atoms with E-state index in [1.807, 2.05) is 0 Å². The van der Waals surface area contributed by atoms with Crippen molar-refractivity contribution in [2.24, 2.45) is 0 Å². The maximum Gasteiger partial charge on any atom is 0.381 e. The molecular formula is C6H7N3O3. The quantitative estimate of drug-likeness (QED) is 0.367. The Balaban J connectivity index is 2.06. The van der Waals surface area contributed by atoms with Crippen LogP contribution in [0.2, 0.25) is 0 Å². The summed E-state index contributed by atoms with van der Waals surface area (Å²) in [6.45, 7) is 1.40. The molecule has 2 heterocycles. The molecule has 64 valence electrons. The van der Waals surface area contributed by atoms with E-state index in [0.29, 0.717) is 6.54 Å². The molecule has 6 heteroatoms. The number of hydrogen-bond acceptors (Lipinski definition) is 4. The highest BCUT2D eigenvalue weighted by molar-refractivity contribution is 5.12. The van der Waals surface area contributed by atoms with Gasteiger partial charge in [0.1, 0.15) is 6.20 Å². The predicted octanol–water partition coefficient (Wildman–Crippen LogP) is 0.190. The van der Waals surface area contributed by atoms with Crippen molar-refractivity contribution >= 4 is 5.82 Å². The second-order valence-corrected chi connectivity index (χ2v) is 2.64. The smallest absolute Gasteiger partial charge is 0.371 e. The average molecular weight is 169 g/mol. The average Bonchev–Trinajstić information content (AvgIpc) is 2.66. The van der Waals surface area contributed by atoms with Crippen LogP contribution >= 0.6 is 0 Å². The number of hydrogen-bond donors (Lipinski definition) is 0. The van der Waals surface area contributed by atoms with E-state index >= 15 is 0 Å². The molecular weight excluding hydrogens is 162 g/mol. The Morgan fingerprint density at radius 1 is 1.92 bits per heavy atom. The number of imidazole rings is 1. The molecule has 6 nitrogen and oxygen atoms in total. The van der Waals surface area contributed by atoms with E-state index < -0.39 is 4.92 Å². The molecule has 0 N–H and O–H groups in total. The van der Waals surface area contributed by atoms with Gasteiger partial charge in [0.25, 0.3) is 0 Å². The van der Waals surface area contributed by atoms with E-state index in [1.54, 1.807) is 4.57 Å². The standard InChI is InChI=1S/C6H7N3O3/c10-9(11)6-2-8(4-7-6)1-5-3-12-5/h2,4-5H,1,3H2/t5-/m1/s1. The fraction of sp³-hybridized carbons (Fsp3) is 0.500. The molecule has 1 saturated heterocycles. The van der Waals surface area contributed by atoms with Crippen LogP contribution in [-0.4, -0.2) is 27.2 Å². The summed E-state index contributed by atoms with van der Waals surface area (Å²) in [5, 5.41) is 10.2. The number of aromatic nitrogens is 2. The zero-order valence-electron chi connectivity index (χ0n) is 6.21. The normalized spacial score (nSPS) is 20.8. The first-order valence-corrected chi connectivity index (χ1v) is 3.53. The molecule has 0 aromatic carbocycles. The van der Waals surface area contributed by atoms with Crippen LogP contribution in [-0.2, 0) is 11.3 Å². The third-order valence-electron chi connectivity index (χ3n) is 1.62. The summed E-state index contributed by atoms with van der Waals surface area (Å²) in [6, 6.07) is 0. The lowest BCUT2D eigenvalue weighted by Crippen LogP contribution is -2.00. The Morgan fingerprint density at radius 3 is 3.17 bits per heavy atom. The second kappa shape index (κ2) is 2.56. The van der Waals surface area contributed by atoms with Crippen LogP contribution in [0.3, 0.4) is 0 Å². The summed E-state index contributed by atoms with van der Waals surface area (Å²) in [5.41, 5.74) is 0. The number of nitro groups is 1. The molecule has 0 radical (unpaired) electrons. The topological polar surface area (TPSA) is 73.5 Å². The van der Waals surface area contributed by atoms with Crippen molar-refractivity contribution in [2.75, 3.05) is 6.61 Å². The maximum atomic E-state index is 10.2. The van der Waals surface area contributed by atoms with Crippen LogP contribution in [0.1, 0.15) is 0 Å². The summed E-state index contributed by atoms with van der Waals surface area (Å²) in [5.74, 6) is -0.115. The molecule has 0 unspecified atom stereocenters. The van der Waals surface area contributed by atoms with Gasteiger partial charge in [0.15, 0.2) is 0 Å². The van der Waals surface area contributed by atoms with Crippen molar-refractivity contribution in [1.29, 1.82) is 0 Å². The lowest BCUT2D eigenvalue weighted by Gasteiger charge is -1.91. The molecule has 1 fully saturated rings. The highest BCUT2D eigenvalue weighted by Gasteiger charge is 2.24. The van der Waals surface area contributed by atoms with Crippen LogP contribution in [0.5, 0.6) is 0 Å². The van der Waals surface area contributed by atoms with Gasteiger partial charge in [0.2, 0.25) is 6.33 Å². The van der Waals surface area contributed by atoms with Crippen LogP contribution in [0.4, 0.5) is 5.82 Å². The summed E-state index contributed by atoms with van der Waals surface area (Å²) in [6.07, 6.45) is 3.07. The zero-order chi connectivity index (χ0) is 8.55. The Hall–Kier alpha value is -1.43. The molecule has 0 spiro atoms. The van der Waals surface area contributed by atoms with E-state index in [4.69, 9.17) is 4.74 Å². The first-order valence-electron chi connectivity index (χ1n) is 3.53. The van der Waals surface area contributed by atoms with Gasteiger partial charge in [-0.1, -0.05) is 0 Å². The van der Waals surface area contributed by atoms with Crippen LogP contribution in [0.15, 0.2) is 12.5 Å². The van der Waals surface area contributed by atoms with Gasteiger partial charge in [-0.3, -0.25) is 0 Å². The van der Waals surface area contributed by atoms with Crippen molar-refractivity contribution in [2.45, 2.75) is 12.6 Å². The molecule has 2 rings (SSSR count). The van der Waals surface area contributed by atoms with Gasteiger partial charge in [-0.25, -0.2) is 0 Å². The van der Waals surface area contributed by atoms with Gasteiger partial charge in [0, 0.05) is 0 Å². The Bertz CT molecular complexity index is 305. The van der Waals surface area contributed by atoms with Crippen molar-refractivity contribution in [3.8, 4) is 0 Å².